The van der Waals surface area contributed by atoms with Crippen LogP contribution in [0, 0.1) is 0 Å². The topological polar surface area (TPSA) is 94.8 Å². The SMILES string of the molecule is CC(=O)Nc1cc2c(cn1)c(C1CC1)nn2-c1ccnc(C2(F)COC2)n1. The Labute approximate surface area is 153 Å². The molecule has 0 bridgehead atoms. The molecule has 0 radical (unpaired) electrons. The fourth-order valence-electron chi connectivity index (χ4n) is 3.21. The summed E-state index contributed by atoms with van der Waals surface area (Å²) >= 11 is 0. The number of aromatic nitrogens is 5. The minimum absolute atomic E-state index is 0.0414. The molecule has 1 aliphatic carbocycles. The number of fused-ring (bicyclic) bond motifs is 1. The van der Waals surface area contributed by atoms with E-state index in [4.69, 9.17) is 9.84 Å². The van der Waals surface area contributed by atoms with Crippen LogP contribution in [0.3, 0.4) is 0 Å². The number of nitrogens with zero attached hydrogens (tertiary/aromatic N) is 5. The molecule has 27 heavy (non-hydrogen) atoms. The van der Waals surface area contributed by atoms with Gasteiger partial charge in [-0.05, 0) is 12.8 Å². The van der Waals surface area contributed by atoms with Crippen LogP contribution in [-0.2, 0) is 15.2 Å². The van der Waals surface area contributed by atoms with Crippen molar-refractivity contribution < 1.29 is 13.9 Å². The van der Waals surface area contributed by atoms with E-state index < -0.39 is 5.67 Å². The van der Waals surface area contributed by atoms with E-state index in [1.807, 2.05) is 0 Å². The lowest BCUT2D eigenvalue weighted by Crippen LogP contribution is -2.44. The van der Waals surface area contributed by atoms with Gasteiger partial charge in [0.05, 0.1) is 24.4 Å². The number of halogens is 1. The highest BCUT2D eigenvalue weighted by atomic mass is 19.1. The van der Waals surface area contributed by atoms with Crippen molar-refractivity contribution in [2.45, 2.75) is 31.4 Å². The van der Waals surface area contributed by atoms with Crippen molar-refractivity contribution >= 4 is 22.6 Å². The molecule has 3 aromatic rings. The van der Waals surface area contributed by atoms with Crippen molar-refractivity contribution in [3.8, 4) is 5.82 Å². The van der Waals surface area contributed by atoms with Crippen LogP contribution in [-0.4, -0.2) is 43.9 Å². The molecule has 1 aliphatic heterocycles. The van der Waals surface area contributed by atoms with E-state index in [2.05, 4.69) is 20.3 Å². The van der Waals surface area contributed by atoms with Crippen LogP contribution in [0.1, 0.15) is 37.2 Å². The van der Waals surface area contributed by atoms with E-state index in [-0.39, 0.29) is 24.9 Å². The Kier molecular flexibility index (Phi) is 3.48. The number of hydrogen-bond donors (Lipinski definition) is 1. The van der Waals surface area contributed by atoms with Gasteiger partial charge in [-0.15, -0.1) is 0 Å². The summed E-state index contributed by atoms with van der Waals surface area (Å²) in [6.07, 6.45) is 5.41. The number of carbonyl (C=O) groups excluding carboxylic acids is 1. The number of amides is 1. The summed E-state index contributed by atoms with van der Waals surface area (Å²) in [7, 11) is 0. The van der Waals surface area contributed by atoms with Crippen molar-refractivity contribution in [3.05, 3.63) is 36.0 Å². The first-order valence-electron chi connectivity index (χ1n) is 8.80. The lowest BCUT2D eigenvalue weighted by atomic mass is 10.0. The van der Waals surface area contributed by atoms with Gasteiger partial charge >= 0.3 is 0 Å². The largest absolute Gasteiger partial charge is 0.374 e. The molecule has 0 aromatic carbocycles. The van der Waals surface area contributed by atoms with Crippen molar-refractivity contribution in [1.82, 2.24) is 24.7 Å². The van der Waals surface area contributed by atoms with Gasteiger partial charge in [0.2, 0.25) is 11.6 Å². The second kappa shape index (κ2) is 5.78. The van der Waals surface area contributed by atoms with Gasteiger partial charge in [-0.1, -0.05) is 0 Å². The normalized spacial score (nSPS) is 18.3. The van der Waals surface area contributed by atoms with Crippen molar-refractivity contribution in [1.29, 1.82) is 0 Å². The van der Waals surface area contributed by atoms with Gasteiger partial charge in [0.1, 0.15) is 5.82 Å². The standard InChI is InChI=1S/C18H17FN6O2/c1-10(26)22-14-6-13-12(7-21-14)16(11-2-3-11)24-25(13)15-4-5-20-17(23-15)18(19)8-27-9-18/h4-7,11H,2-3,8-9H2,1H3,(H,21,22,26). The maximum atomic E-state index is 14.7. The number of alkyl halides is 1. The molecule has 1 amide bonds. The molecule has 5 rings (SSSR count). The van der Waals surface area contributed by atoms with E-state index in [1.165, 1.54) is 13.1 Å². The number of anilines is 1. The molecule has 0 spiro atoms. The van der Waals surface area contributed by atoms with Crippen LogP contribution >= 0.6 is 0 Å². The van der Waals surface area contributed by atoms with Gasteiger partial charge in [-0.25, -0.2) is 24.0 Å². The zero-order valence-corrected chi connectivity index (χ0v) is 14.6. The fourth-order valence-corrected chi connectivity index (χ4v) is 3.21. The maximum absolute atomic E-state index is 14.7. The van der Waals surface area contributed by atoms with Gasteiger partial charge in [-0.2, -0.15) is 5.10 Å². The molecule has 2 aliphatic rings. The van der Waals surface area contributed by atoms with Gasteiger partial charge in [-0.3, -0.25) is 4.79 Å². The lowest BCUT2D eigenvalue weighted by molar-refractivity contribution is -0.140. The molecule has 138 valence electrons. The minimum atomic E-state index is -1.65. The summed E-state index contributed by atoms with van der Waals surface area (Å²) in [6.45, 7) is 1.34. The zero-order chi connectivity index (χ0) is 18.6. The molecule has 1 saturated carbocycles. The Hall–Kier alpha value is -2.94. The third-order valence-electron chi connectivity index (χ3n) is 4.78. The van der Waals surface area contributed by atoms with Gasteiger partial charge in [0.25, 0.3) is 0 Å². The van der Waals surface area contributed by atoms with E-state index in [0.29, 0.717) is 17.6 Å². The number of rotatable bonds is 4. The minimum Gasteiger partial charge on any atom is -0.374 e. The van der Waals surface area contributed by atoms with E-state index in [9.17, 15) is 9.18 Å². The first kappa shape index (κ1) is 16.2. The highest BCUT2D eigenvalue weighted by Crippen LogP contribution is 2.43. The summed E-state index contributed by atoms with van der Waals surface area (Å²) in [6, 6.07) is 3.45. The maximum Gasteiger partial charge on any atom is 0.222 e. The number of carbonyl (C=O) groups is 1. The van der Waals surface area contributed by atoms with Crippen LogP contribution in [0.5, 0.6) is 0 Å². The van der Waals surface area contributed by atoms with Crippen LogP contribution in [0.15, 0.2) is 24.5 Å². The van der Waals surface area contributed by atoms with Gasteiger partial charge in [0.15, 0.2) is 11.6 Å². The Morgan fingerprint density at radius 3 is 2.85 bits per heavy atom. The number of nitrogens with one attached hydrogen (secondary N) is 1. The smallest absolute Gasteiger partial charge is 0.222 e. The van der Waals surface area contributed by atoms with Crippen molar-refractivity contribution in [3.63, 3.8) is 0 Å². The average molecular weight is 368 g/mol. The third kappa shape index (κ3) is 2.74. The number of hydrogen-bond acceptors (Lipinski definition) is 6. The highest BCUT2D eigenvalue weighted by Gasteiger charge is 2.44. The Morgan fingerprint density at radius 2 is 2.19 bits per heavy atom. The molecule has 2 fully saturated rings. The Balaban J connectivity index is 1.65. The van der Waals surface area contributed by atoms with E-state index in [0.717, 1.165) is 29.4 Å². The first-order chi connectivity index (χ1) is 13.0. The number of pyridine rings is 1. The van der Waals surface area contributed by atoms with Crippen LogP contribution in [0.2, 0.25) is 0 Å². The highest BCUT2D eigenvalue weighted by molar-refractivity contribution is 5.91. The van der Waals surface area contributed by atoms with E-state index >= 15 is 0 Å². The molecule has 4 heterocycles. The van der Waals surface area contributed by atoms with Gasteiger partial charge in [0, 0.05) is 42.8 Å². The molecule has 9 heteroatoms. The monoisotopic (exact) mass is 368 g/mol. The van der Waals surface area contributed by atoms with Crippen molar-refractivity contribution in [2.75, 3.05) is 18.5 Å². The second-order valence-electron chi connectivity index (χ2n) is 7.04. The predicted molar refractivity (Wildman–Crippen MR) is 94.3 cm³/mol. The summed E-state index contributed by atoms with van der Waals surface area (Å²) < 4.78 is 21.3. The predicted octanol–water partition coefficient (Wildman–Crippen LogP) is 2.24. The third-order valence-corrected chi connectivity index (χ3v) is 4.78. The summed E-state index contributed by atoms with van der Waals surface area (Å²) in [5.74, 6) is 1.20. The molecule has 1 N–H and O–H groups in total. The zero-order valence-electron chi connectivity index (χ0n) is 14.6. The van der Waals surface area contributed by atoms with Crippen LogP contribution in [0.4, 0.5) is 10.2 Å². The van der Waals surface area contributed by atoms with E-state index in [1.54, 1.807) is 23.0 Å². The van der Waals surface area contributed by atoms with Crippen LogP contribution < -0.4 is 5.32 Å². The second-order valence-corrected chi connectivity index (χ2v) is 7.04. The summed E-state index contributed by atoms with van der Waals surface area (Å²) in [5.41, 5.74) is 0.0633. The lowest BCUT2D eigenvalue weighted by Gasteiger charge is -2.31. The fraction of sp³-hybridized carbons (Fsp3) is 0.389. The molecular formula is C18H17FN6O2. The summed E-state index contributed by atoms with van der Waals surface area (Å²) in [4.78, 5) is 24.2. The van der Waals surface area contributed by atoms with Crippen LogP contribution in [0.25, 0.3) is 16.7 Å². The quantitative estimate of drug-likeness (QED) is 0.759. The molecule has 3 aromatic heterocycles. The molecule has 0 unspecified atom stereocenters. The average Bonchev–Trinajstić information content (AvgIpc) is 3.40. The molecule has 8 nitrogen and oxygen atoms in total. The Bertz CT molecular complexity index is 1060. The van der Waals surface area contributed by atoms with Crippen molar-refractivity contribution in [2.24, 2.45) is 0 Å². The molecule has 1 saturated heterocycles. The number of ether oxygens (including phenoxy) is 1. The first-order valence-corrected chi connectivity index (χ1v) is 8.80. The summed E-state index contributed by atoms with van der Waals surface area (Å²) in [5, 5.41) is 8.32. The molecule has 0 atom stereocenters. The van der Waals surface area contributed by atoms with Gasteiger partial charge < -0.3 is 10.1 Å². The molecular weight excluding hydrogens is 351 g/mol. The Morgan fingerprint density at radius 1 is 1.37 bits per heavy atom.